The Labute approximate surface area is 230 Å². The number of amides is 4. The number of sulfonamides is 1. The number of nitrogens with zero attached hydrogens (tertiary/aromatic N) is 2. The standard InChI is InChI=1S/C23H33N9O7S/c1-14-5-2-3-7-18(14)40(38,39)32-23(37)31-16(6-4-9-28-22(24)25)20(34)27-10-8-19(33)30-17(21(35)36)11-15-12-26-13-29-15/h2-3,5,7,12-13,16-17H,4,6,8-11H2,1H3,(H,26,29)(H,27,34)(H,30,33)(H,35,36)(H4,24,25,28)(H2,31,32,37)/t16-,17-/m0/s1. The first-order chi connectivity index (χ1) is 18.9. The normalized spacial score (nSPS) is 12.4. The molecule has 1 aromatic carbocycles. The van der Waals surface area contributed by atoms with Crippen LogP contribution < -0.4 is 32.1 Å². The number of benzene rings is 1. The number of guanidine groups is 1. The lowest BCUT2D eigenvalue weighted by atomic mass is 10.1. The molecule has 0 bridgehead atoms. The van der Waals surface area contributed by atoms with Gasteiger partial charge in [0.05, 0.1) is 11.2 Å². The van der Waals surface area contributed by atoms with E-state index in [4.69, 9.17) is 11.5 Å². The van der Waals surface area contributed by atoms with Crippen molar-refractivity contribution in [2.24, 2.45) is 16.5 Å². The van der Waals surface area contributed by atoms with Crippen LogP contribution in [0.25, 0.3) is 0 Å². The number of imidazole rings is 1. The van der Waals surface area contributed by atoms with E-state index in [0.29, 0.717) is 11.3 Å². The van der Waals surface area contributed by atoms with Crippen LogP contribution in [-0.4, -0.2) is 78.4 Å². The maximum absolute atomic E-state index is 12.8. The number of urea groups is 1. The van der Waals surface area contributed by atoms with E-state index in [0.717, 1.165) is 0 Å². The van der Waals surface area contributed by atoms with Gasteiger partial charge in [-0.1, -0.05) is 18.2 Å². The Balaban J connectivity index is 1.96. The van der Waals surface area contributed by atoms with E-state index in [1.165, 1.54) is 24.7 Å². The Hall–Kier alpha value is -4.67. The van der Waals surface area contributed by atoms with Crippen molar-refractivity contribution in [2.75, 3.05) is 13.1 Å². The lowest BCUT2D eigenvalue weighted by Gasteiger charge is -2.19. The summed E-state index contributed by atoms with van der Waals surface area (Å²) in [6.45, 7) is 1.53. The molecule has 218 valence electrons. The molecule has 0 saturated carbocycles. The number of carboxylic acid groups (broad SMARTS) is 1. The lowest BCUT2D eigenvalue weighted by molar-refractivity contribution is -0.141. The number of hydrogen-bond acceptors (Lipinski definition) is 8. The van der Waals surface area contributed by atoms with Crippen LogP contribution in [0.2, 0.25) is 0 Å². The number of hydrogen-bond donors (Lipinski definition) is 8. The summed E-state index contributed by atoms with van der Waals surface area (Å²) in [5.41, 5.74) is 11.5. The van der Waals surface area contributed by atoms with Gasteiger partial charge in [0, 0.05) is 37.8 Å². The number of aliphatic carboxylic acids is 1. The van der Waals surface area contributed by atoms with E-state index in [1.54, 1.807) is 19.1 Å². The Bertz CT molecular complexity index is 1310. The van der Waals surface area contributed by atoms with Gasteiger partial charge in [0.1, 0.15) is 12.1 Å². The first-order valence-corrected chi connectivity index (χ1v) is 13.6. The van der Waals surface area contributed by atoms with Crippen LogP contribution in [-0.2, 0) is 30.8 Å². The molecule has 1 aromatic heterocycles. The number of carbonyl (C=O) groups excluding carboxylic acids is 3. The van der Waals surface area contributed by atoms with Gasteiger partial charge in [-0.25, -0.2) is 27.7 Å². The first kappa shape index (κ1) is 31.5. The molecule has 16 nitrogen and oxygen atoms in total. The SMILES string of the molecule is Cc1ccccc1S(=O)(=O)NC(=O)N[C@@H](CCCN=C(N)N)C(=O)NCCC(=O)N[C@@H](Cc1cnc[nH]1)C(=O)O. The fourth-order valence-electron chi connectivity index (χ4n) is 3.50. The average Bonchev–Trinajstić information content (AvgIpc) is 3.38. The highest BCUT2D eigenvalue weighted by atomic mass is 32.2. The van der Waals surface area contributed by atoms with Crippen molar-refractivity contribution >= 4 is 39.8 Å². The summed E-state index contributed by atoms with van der Waals surface area (Å²) in [6, 6.07) is 2.51. The van der Waals surface area contributed by atoms with Crippen LogP contribution in [0.3, 0.4) is 0 Å². The summed E-state index contributed by atoms with van der Waals surface area (Å²) in [5.74, 6) is -2.74. The van der Waals surface area contributed by atoms with Crippen LogP contribution in [0.4, 0.5) is 4.79 Å². The van der Waals surface area contributed by atoms with Crippen LogP contribution in [0, 0.1) is 6.92 Å². The second-order valence-electron chi connectivity index (χ2n) is 8.63. The number of nitrogens with two attached hydrogens (primary N) is 2. The van der Waals surface area contributed by atoms with Gasteiger partial charge in [-0.05, 0) is 31.4 Å². The number of rotatable bonds is 15. The zero-order chi connectivity index (χ0) is 29.7. The van der Waals surface area contributed by atoms with Crippen LogP contribution in [0.1, 0.15) is 30.5 Å². The summed E-state index contributed by atoms with van der Waals surface area (Å²) in [6.07, 6.45) is 2.84. The predicted molar refractivity (Wildman–Crippen MR) is 143 cm³/mol. The minimum absolute atomic E-state index is 0.0181. The molecule has 1 heterocycles. The van der Waals surface area contributed by atoms with Gasteiger partial charge >= 0.3 is 12.0 Å². The molecule has 0 fully saturated rings. The Kier molecular flexibility index (Phi) is 11.9. The molecular weight excluding hydrogens is 546 g/mol. The maximum Gasteiger partial charge on any atom is 0.329 e. The fourth-order valence-corrected chi connectivity index (χ4v) is 4.66. The average molecular weight is 580 g/mol. The number of nitrogens with one attached hydrogen (secondary N) is 5. The molecule has 0 aliphatic rings. The molecule has 2 aromatic rings. The third kappa shape index (κ3) is 10.6. The number of aliphatic imine (C=N–C) groups is 1. The zero-order valence-electron chi connectivity index (χ0n) is 21.7. The quantitative estimate of drug-likeness (QED) is 0.0683. The molecule has 0 aliphatic heterocycles. The van der Waals surface area contributed by atoms with Crippen molar-refractivity contribution in [1.82, 2.24) is 30.6 Å². The number of aryl methyl sites for hydroxylation is 1. The van der Waals surface area contributed by atoms with Crippen molar-refractivity contribution in [3.63, 3.8) is 0 Å². The highest BCUT2D eigenvalue weighted by molar-refractivity contribution is 7.90. The monoisotopic (exact) mass is 579 g/mol. The van der Waals surface area contributed by atoms with Crippen molar-refractivity contribution in [1.29, 1.82) is 0 Å². The van der Waals surface area contributed by atoms with E-state index in [2.05, 4.69) is 30.9 Å². The highest BCUT2D eigenvalue weighted by Crippen LogP contribution is 2.13. The zero-order valence-corrected chi connectivity index (χ0v) is 22.5. The van der Waals surface area contributed by atoms with Crippen LogP contribution >= 0.6 is 0 Å². The minimum atomic E-state index is -4.22. The van der Waals surface area contributed by atoms with Gasteiger partial charge in [-0.15, -0.1) is 0 Å². The van der Waals surface area contributed by atoms with Gasteiger partial charge in [0.2, 0.25) is 11.8 Å². The fraction of sp³-hybridized carbons (Fsp3) is 0.391. The summed E-state index contributed by atoms with van der Waals surface area (Å²) in [4.78, 5) is 59.3. The molecule has 4 amide bonds. The summed E-state index contributed by atoms with van der Waals surface area (Å²) in [5, 5.41) is 16.5. The second-order valence-corrected chi connectivity index (χ2v) is 10.3. The third-order valence-corrected chi connectivity index (χ3v) is 6.93. The van der Waals surface area contributed by atoms with Gasteiger partial charge in [0.25, 0.3) is 10.0 Å². The largest absolute Gasteiger partial charge is 0.480 e. The summed E-state index contributed by atoms with van der Waals surface area (Å²) < 4.78 is 27.1. The molecule has 10 N–H and O–H groups in total. The Morgan fingerprint density at radius 3 is 2.48 bits per heavy atom. The minimum Gasteiger partial charge on any atom is -0.480 e. The number of H-pyrrole nitrogens is 1. The van der Waals surface area contributed by atoms with E-state index < -0.39 is 45.9 Å². The van der Waals surface area contributed by atoms with Crippen molar-refractivity contribution in [3.8, 4) is 0 Å². The smallest absolute Gasteiger partial charge is 0.329 e. The summed E-state index contributed by atoms with van der Waals surface area (Å²) >= 11 is 0. The third-order valence-electron chi connectivity index (χ3n) is 5.44. The van der Waals surface area contributed by atoms with Gasteiger partial charge in [-0.3, -0.25) is 14.6 Å². The van der Waals surface area contributed by atoms with Crippen LogP contribution in [0.5, 0.6) is 0 Å². The number of carboxylic acids is 1. The Morgan fingerprint density at radius 2 is 1.85 bits per heavy atom. The van der Waals surface area contributed by atoms with Crippen LogP contribution in [0.15, 0.2) is 46.7 Å². The van der Waals surface area contributed by atoms with E-state index in [1.807, 2.05) is 4.72 Å². The number of carbonyl (C=O) groups is 4. The van der Waals surface area contributed by atoms with Gasteiger partial charge in [-0.2, -0.15) is 0 Å². The molecule has 2 rings (SSSR count). The molecule has 0 spiro atoms. The molecular formula is C23H33N9O7S. The molecule has 2 atom stereocenters. The van der Waals surface area contributed by atoms with Crippen molar-refractivity contribution < 1.29 is 32.7 Å². The molecule has 0 radical (unpaired) electrons. The van der Waals surface area contributed by atoms with Gasteiger partial charge < -0.3 is 37.5 Å². The highest BCUT2D eigenvalue weighted by Gasteiger charge is 2.25. The lowest BCUT2D eigenvalue weighted by Crippen LogP contribution is -2.51. The predicted octanol–water partition coefficient (Wildman–Crippen LogP) is -1.55. The van der Waals surface area contributed by atoms with E-state index >= 15 is 0 Å². The maximum atomic E-state index is 12.8. The molecule has 0 unspecified atom stereocenters. The second kappa shape index (κ2) is 15.1. The van der Waals surface area contributed by atoms with E-state index in [-0.39, 0.29) is 49.6 Å². The number of aromatic nitrogens is 2. The molecule has 17 heteroatoms. The molecule has 0 saturated heterocycles. The molecule has 40 heavy (non-hydrogen) atoms. The topological polar surface area (TPSA) is 264 Å². The van der Waals surface area contributed by atoms with Crippen molar-refractivity contribution in [3.05, 3.63) is 48.0 Å². The molecule has 0 aliphatic carbocycles. The van der Waals surface area contributed by atoms with E-state index in [9.17, 15) is 32.7 Å². The van der Waals surface area contributed by atoms with Gasteiger partial charge in [0.15, 0.2) is 5.96 Å². The number of aromatic amines is 1. The Morgan fingerprint density at radius 1 is 1.12 bits per heavy atom. The van der Waals surface area contributed by atoms with Crippen molar-refractivity contribution in [2.45, 2.75) is 49.6 Å². The summed E-state index contributed by atoms with van der Waals surface area (Å²) in [7, 11) is -4.22. The first-order valence-electron chi connectivity index (χ1n) is 12.1.